The van der Waals surface area contributed by atoms with E-state index < -0.39 is 57.8 Å². The third kappa shape index (κ3) is 55.7. The molecular weight excluding hydrogens is 976 g/mol. The second kappa shape index (κ2) is 58.1. The number of allylic oxidation sites excluding steroid dienone is 12. The lowest BCUT2D eigenvalue weighted by atomic mass is 10.1. The van der Waals surface area contributed by atoms with Crippen LogP contribution in [0, 0.1) is 0 Å². The number of unbranched alkanes of at least 4 members (excludes halogenated alkanes) is 28. The van der Waals surface area contributed by atoms with Gasteiger partial charge in [0, 0.05) is 19.3 Å². The molecule has 76 heavy (non-hydrogen) atoms. The fourth-order valence-corrected chi connectivity index (χ4v) is 9.17. The first-order valence-electron chi connectivity index (χ1n) is 30.8. The van der Waals surface area contributed by atoms with Crippen molar-refractivity contribution in [1.29, 1.82) is 0 Å². The molecule has 12 heteroatoms. The quantitative estimate of drug-likeness (QED) is 0.0197. The molecule has 0 radical (unpaired) electrons. The Morgan fingerprint density at radius 3 is 1.11 bits per heavy atom. The standard InChI is InChI=1S/C64H113O11P/c1-4-7-10-13-16-19-22-24-26-28-30-32-34-36-39-42-45-48-51-54-63(67)74-60(56-65)58-72-76(69,70)73-59-61(57-71-62(66)53-50-47-44-41-38-21-18-15-12-9-6-3)75-64(68)55-52-49-46-43-40-37-35-33-31-29-27-25-23-20-17-14-11-8-5-2/h8,11,15,17-18,20,24-27,31,33,60-61,65H,4-7,9-10,12-14,16,19,21-23,28-30,32,34-59H2,1-3H3,(H,69,70)/b11-8-,18-15-,20-17-,26-24-,27-25-,33-31-. The predicted molar refractivity (Wildman–Crippen MR) is 316 cm³/mol. The Hall–Kier alpha value is -3.08. The lowest BCUT2D eigenvalue weighted by Gasteiger charge is -2.21. The van der Waals surface area contributed by atoms with Crippen LogP contribution < -0.4 is 0 Å². The van der Waals surface area contributed by atoms with Gasteiger partial charge in [0.25, 0.3) is 0 Å². The molecule has 0 aromatic heterocycles. The van der Waals surface area contributed by atoms with Gasteiger partial charge in [-0.15, -0.1) is 0 Å². The number of phosphoric ester groups is 1. The van der Waals surface area contributed by atoms with E-state index in [-0.39, 0.29) is 25.9 Å². The first kappa shape index (κ1) is 72.9. The van der Waals surface area contributed by atoms with Gasteiger partial charge >= 0.3 is 25.7 Å². The summed E-state index contributed by atoms with van der Waals surface area (Å²) >= 11 is 0. The van der Waals surface area contributed by atoms with Gasteiger partial charge in [0.1, 0.15) is 12.7 Å². The van der Waals surface area contributed by atoms with E-state index in [1.165, 1.54) is 96.3 Å². The van der Waals surface area contributed by atoms with E-state index in [9.17, 15) is 28.9 Å². The van der Waals surface area contributed by atoms with Gasteiger partial charge in [0.05, 0.1) is 19.8 Å². The molecule has 0 aromatic carbocycles. The van der Waals surface area contributed by atoms with Crippen molar-refractivity contribution in [3.05, 3.63) is 72.9 Å². The number of esters is 3. The van der Waals surface area contributed by atoms with Crippen LogP contribution in [0.1, 0.15) is 278 Å². The Balaban J connectivity index is 4.64. The molecule has 0 amide bonds. The van der Waals surface area contributed by atoms with Gasteiger partial charge in [-0.25, -0.2) is 4.57 Å². The van der Waals surface area contributed by atoms with Crippen LogP contribution in [0.4, 0.5) is 0 Å². The number of carbonyl (C=O) groups is 3. The summed E-state index contributed by atoms with van der Waals surface area (Å²) in [6, 6.07) is 0. The molecule has 0 saturated heterocycles. The van der Waals surface area contributed by atoms with Crippen molar-refractivity contribution < 1.29 is 52.2 Å². The summed E-state index contributed by atoms with van der Waals surface area (Å²) < 4.78 is 39.6. The monoisotopic (exact) mass is 1090 g/mol. The molecule has 0 rings (SSSR count). The highest BCUT2D eigenvalue weighted by molar-refractivity contribution is 7.47. The number of hydrogen-bond donors (Lipinski definition) is 2. The average Bonchev–Trinajstić information content (AvgIpc) is 3.41. The lowest BCUT2D eigenvalue weighted by molar-refractivity contribution is -0.161. The number of aliphatic hydroxyl groups is 1. The summed E-state index contributed by atoms with van der Waals surface area (Å²) in [5.41, 5.74) is 0. The molecule has 0 aliphatic heterocycles. The van der Waals surface area contributed by atoms with E-state index in [4.69, 9.17) is 23.3 Å². The van der Waals surface area contributed by atoms with Crippen LogP contribution in [0.3, 0.4) is 0 Å². The first-order valence-corrected chi connectivity index (χ1v) is 32.3. The number of hydrogen-bond acceptors (Lipinski definition) is 10. The van der Waals surface area contributed by atoms with Crippen molar-refractivity contribution in [2.24, 2.45) is 0 Å². The first-order chi connectivity index (χ1) is 37.2. The topological polar surface area (TPSA) is 155 Å². The molecule has 0 bridgehead atoms. The second-order valence-electron chi connectivity index (χ2n) is 20.5. The molecule has 0 saturated carbocycles. The minimum atomic E-state index is -4.76. The lowest BCUT2D eigenvalue weighted by Crippen LogP contribution is -2.30. The zero-order valence-corrected chi connectivity index (χ0v) is 49.6. The molecule has 0 fully saturated rings. The Kier molecular flexibility index (Phi) is 55.7. The second-order valence-corrected chi connectivity index (χ2v) is 21.9. The Morgan fingerprint density at radius 2 is 0.697 bits per heavy atom. The molecular formula is C64H113O11P. The van der Waals surface area contributed by atoms with Crippen molar-refractivity contribution in [3.8, 4) is 0 Å². The number of ether oxygens (including phenoxy) is 3. The van der Waals surface area contributed by atoms with E-state index in [1.807, 2.05) is 0 Å². The Labute approximate surface area is 465 Å². The van der Waals surface area contributed by atoms with Crippen LogP contribution in [0.5, 0.6) is 0 Å². The smallest absolute Gasteiger partial charge is 0.462 e. The van der Waals surface area contributed by atoms with Crippen LogP contribution in [0.15, 0.2) is 72.9 Å². The van der Waals surface area contributed by atoms with Gasteiger partial charge in [-0.3, -0.25) is 23.4 Å². The normalized spacial score (nSPS) is 13.8. The van der Waals surface area contributed by atoms with Gasteiger partial charge in [-0.1, -0.05) is 229 Å². The number of carbonyl (C=O) groups excluding carboxylic acids is 3. The van der Waals surface area contributed by atoms with Crippen LogP contribution in [0.2, 0.25) is 0 Å². The molecule has 0 aliphatic rings. The van der Waals surface area contributed by atoms with E-state index >= 15 is 0 Å². The molecule has 3 atom stereocenters. The third-order valence-corrected chi connectivity index (χ3v) is 14.0. The SMILES string of the molecule is CC/C=C\C/C=C\C/C=C\C/C=C\CCCCCCCCC(=O)OC(COC(=O)CCCCCCC/C=C\CCCC)COP(=O)(O)OCC(CO)OC(=O)CCCCCCCCCCC/C=C\CCCCCCCC. The Morgan fingerprint density at radius 1 is 0.382 bits per heavy atom. The molecule has 11 nitrogen and oxygen atoms in total. The maximum atomic E-state index is 12.9. The van der Waals surface area contributed by atoms with Gasteiger partial charge in [-0.05, 0) is 103 Å². The minimum absolute atomic E-state index is 0.148. The fraction of sp³-hybridized carbons (Fsp3) is 0.766. The highest BCUT2D eigenvalue weighted by atomic mass is 31.2. The summed E-state index contributed by atoms with van der Waals surface area (Å²) in [4.78, 5) is 48.6. The fourth-order valence-electron chi connectivity index (χ4n) is 8.38. The van der Waals surface area contributed by atoms with Crippen molar-refractivity contribution >= 4 is 25.7 Å². The van der Waals surface area contributed by atoms with Gasteiger partial charge in [-0.2, -0.15) is 0 Å². The zero-order valence-electron chi connectivity index (χ0n) is 48.7. The number of phosphoric acid groups is 1. The zero-order chi connectivity index (χ0) is 55.5. The number of aliphatic hydroxyl groups excluding tert-OH is 1. The van der Waals surface area contributed by atoms with E-state index in [0.29, 0.717) is 19.3 Å². The van der Waals surface area contributed by atoms with Crippen molar-refractivity contribution in [2.75, 3.05) is 26.4 Å². The van der Waals surface area contributed by atoms with E-state index in [1.54, 1.807) is 0 Å². The minimum Gasteiger partial charge on any atom is -0.462 e. The van der Waals surface area contributed by atoms with Crippen LogP contribution in [-0.4, -0.2) is 66.5 Å². The van der Waals surface area contributed by atoms with Gasteiger partial charge in [0.2, 0.25) is 0 Å². The maximum absolute atomic E-state index is 12.9. The molecule has 0 aromatic rings. The highest BCUT2D eigenvalue weighted by Gasteiger charge is 2.28. The summed E-state index contributed by atoms with van der Waals surface area (Å²) in [5.74, 6) is -1.49. The summed E-state index contributed by atoms with van der Waals surface area (Å²) in [5, 5.41) is 9.84. The highest BCUT2D eigenvalue weighted by Crippen LogP contribution is 2.43. The van der Waals surface area contributed by atoms with Crippen LogP contribution in [0.25, 0.3) is 0 Å². The van der Waals surface area contributed by atoms with Gasteiger partial charge < -0.3 is 24.2 Å². The molecule has 440 valence electrons. The van der Waals surface area contributed by atoms with Gasteiger partial charge in [0.15, 0.2) is 6.10 Å². The maximum Gasteiger partial charge on any atom is 0.472 e. The van der Waals surface area contributed by atoms with Crippen molar-refractivity contribution in [3.63, 3.8) is 0 Å². The van der Waals surface area contributed by atoms with Crippen molar-refractivity contribution in [2.45, 2.75) is 290 Å². The summed E-state index contributed by atoms with van der Waals surface area (Å²) in [7, 11) is -4.76. The largest absolute Gasteiger partial charge is 0.472 e. The molecule has 0 heterocycles. The van der Waals surface area contributed by atoms with Crippen molar-refractivity contribution in [1.82, 2.24) is 0 Å². The van der Waals surface area contributed by atoms with E-state index in [2.05, 4.69) is 93.7 Å². The molecule has 0 spiro atoms. The average molecular weight is 1090 g/mol. The Bertz CT molecular complexity index is 1550. The number of rotatable bonds is 57. The van der Waals surface area contributed by atoms with Crippen LogP contribution >= 0.6 is 7.82 Å². The third-order valence-electron chi connectivity index (χ3n) is 13.1. The molecule has 2 N–H and O–H groups in total. The molecule has 0 aliphatic carbocycles. The predicted octanol–water partition coefficient (Wildman–Crippen LogP) is 18.5. The van der Waals surface area contributed by atoms with Crippen LogP contribution in [-0.2, 0) is 42.2 Å². The summed E-state index contributed by atoms with van der Waals surface area (Å²) in [6.45, 7) is 4.49. The summed E-state index contributed by atoms with van der Waals surface area (Å²) in [6.07, 6.45) is 65.7. The van der Waals surface area contributed by atoms with E-state index in [0.717, 1.165) is 122 Å². The molecule has 3 unspecified atom stereocenters.